The van der Waals surface area contributed by atoms with Gasteiger partial charge in [0, 0.05) is 11.6 Å². The third-order valence-electron chi connectivity index (χ3n) is 3.91. The van der Waals surface area contributed by atoms with E-state index in [2.05, 4.69) is 15.1 Å². The topological polar surface area (TPSA) is 63.6 Å². The summed E-state index contributed by atoms with van der Waals surface area (Å²) in [7, 11) is 0. The van der Waals surface area contributed by atoms with Crippen LogP contribution in [0.25, 0.3) is 27.8 Å². The van der Waals surface area contributed by atoms with Crippen molar-refractivity contribution in [2.45, 2.75) is 13.8 Å². The molecule has 0 atom stereocenters. The minimum Gasteiger partial charge on any atom is -0.339 e. The highest BCUT2D eigenvalue weighted by Crippen LogP contribution is 2.21. The molecular weight excluding hydrogens is 276 g/mol. The van der Waals surface area contributed by atoms with Gasteiger partial charge in [-0.05, 0) is 37.6 Å². The van der Waals surface area contributed by atoms with E-state index in [0.29, 0.717) is 27.9 Å². The molecule has 0 saturated heterocycles. The number of fused-ring (bicyclic) bond motifs is 2. The normalized spacial score (nSPS) is 11.4. The van der Waals surface area contributed by atoms with E-state index in [4.69, 9.17) is 0 Å². The molecule has 0 aliphatic heterocycles. The molecule has 0 bridgehead atoms. The van der Waals surface area contributed by atoms with E-state index in [1.807, 2.05) is 50.2 Å². The molecule has 108 valence electrons. The number of benzene rings is 1. The number of H-pyrrole nitrogens is 1. The van der Waals surface area contributed by atoms with E-state index in [1.54, 1.807) is 10.9 Å². The Bertz CT molecular complexity index is 1060. The molecule has 0 fully saturated rings. The van der Waals surface area contributed by atoms with Gasteiger partial charge in [-0.2, -0.15) is 9.78 Å². The monoisotopic (exact) mass is 290 g/mol. The Morgan fingerprint density at radius 1 is 1.09 bits per heavy atom. The molecule has 0 radical (unpaired) electrons. The molecule has 3 heterocycles. The van der Waals surface area contributed by atoms with Crippen molar-refractivity contribution in [3.8, 4) is 5.82 Å². The molecule has 22 heavy (non-hydrogen) atoms. The average molecular weight is 290 g/mol. The zero-order chi connectivity index (χ0) is 15.3. The van der Waals surface area contributed by atoms with E-state index in [0.717, 1.165) is 11.1 Å². The van der Waals surface area contributed by atoms with E-state index in [1.165, 1.54) is 0 Å². The average Bonchev–Trinajstić information content (AvgIpc) is 2.87. The summed E-state index contributed by atoms with van der Waals surface area (Å²) in [6.07, 6.45) is 1.71. The van der Waals surface area contributed by atoms with Gasteiger partial charge in [-0.25, -0.2) is 4.98 Å². The van der Waals surface area contributed by atoms with Crippen LogP contribution < -0.4 is 5.43 Å². The van der Waals surface area contributed by atoms with Crippen molar-refractivity contribution < 1.29 is 0 Å². The van der Waals surface area contributed by atoms with Crippen LogP contribution in [0, 0.1) is 13.8 Å². The maximum Gasteiger partial charge on any atom is 0.200 e. The summed E-state index contributed by atoms with van der Waals surface area (Å²) in [6.45, 7) is 3.83. The minimum absolute atomic E-state index is 0.00660. The first-order valence-electron chi connectivity index (χ1n) is 7.09. The van der Waals surface area contributed by atoms with Crippen molar-refractivity contribution >= 4 is 21.9 Å². The number of aryl methyl sites for hydroxylation is 2. The van der Waals surface area contributed by atoms with Gasteiger partial charge in [0.1, 0.15) is 5.65 Å². The first-order chi connectivity index (χ1) is 10.7. The highest BCUT2D eigenvalue weighted by molar-refractivity contribution is 5.94. The highest BCUT2D eigenvalue weighted by atomic mass is 16.1. The summed E-state index contributed by atoms with van der Waals surface area (Å²) < 4.78 is 1.69. The molecule has 1 N–H and O–H groups in total. The van der Waals surface area contributed by atoms with Crippen LogP contribution in [0.15, 0.2) is 47.4 Å². The number of aromatic nitrogens is 4. The minimum atomic E-state index is 0.00660. The van der Waals surface area contributed by atoms with Crippen LogP contribution in [0.3, 0.4) is 0 Å². The highest BCUT2D eigenvalue weighted by Gasteiger charge is 2.16. The zero-order valence-corrected chi connectivity index (χ0v) is 12.3. The van der Waals surface area contributed by atoms with Crippen molar-refractivity contribution in [2.75, 3.05) is 0 Å². The quantitative estimate of drug-likeness (QED) is 0.586. The van der Waals surface area contributed by atoms with Gasteiger partial charge in [0.2, 0.25) is 5.43 Å². The maximum atomic E-state index is 12.8. The fourth-order valence-corrected chi connectivity index (χ4v) is 2.84. The Labute approximate surface area is 126 Å². The number of hydrogen-bond donors (Lipinski definition) is 1. The first kappa shape index (κ1) is 12.8. The first-order valence-corrected chi connectivity index (χ1v) is 7.09. The smallest absolute Gasteiger partial charge is 0.200 e. The summed E-state index contributed by atoms with van der Waals surface area (Å²) in [5.41, 5.74) is 3.26. The standard InChI is InChI=1S/C17H14N4O/c1-10-6-5-7-12-15(10)19-17-14(16(12)22)11(2)20-21(17)13-8-3-4-9-18-13/h3-9H,1-2H3,(H,19,22). The van der Waals surface area contributed by atoms with E-state index in [9.17, 15) is 4.79 Å². The van der Waals surface area contributed by atoms with Crippen LogP contribution in [0.5, 0.6) is 0 Å². The van der Waals surface area contributed by atoms with Gasteiger partial charge >= 0.3 is 0 Å². The molecular formula is C17H14N4O. The molecule has 0 amide bonds. The van der Waals surface area contributed by atoms with Gasteiger partial charge in [-0.15, -0.1) is 0 Å². The van der Waals surface area contributed by atoms with Crippen molar-refractivity contribution in [1.29, 1.82) is 0 Å². The SMILES string of the molecule is Cc1cccc2c(=O)c3c(C)nn(-c4ccccn4)c3[nH]c12. The molecule has 0 saturated carbocycles. The van der Waals surface area contributed by atoms with Gasteiger partial charge in [0.05, 0.1) is 16.6 Å². The molecule has 5 nitrogen and oxygen atoms in total. The maximum absolute atomic E-state index is 12.8. The van der Waals surface area contributed by atoms with E-state index < -0.39 is 0 Å². The summed E-state index contributed by atoms with van der Waals surface area (Å²) in [4.78, 5) is 20.5. The van der Waals surface area contributed by atoms with Gasteiger partial charge < -0.3 is 4.98 Å². The Kier molecular flexibility index (Phi) is 2.63. The predicted octanol–water partition coefficient (Wildman–Crippen LogP) is 2.88. The molecule has 3 aromatic heterocycles. The molecule has 0 unspecified atom stereocenters. The lowest BCUT2D eigenvalue weighted by Gasteiger charge is -2.05. The predicted molar refractivity (Wildman–Crippen MR) is 86.5 cm³/mol. The van der Waals surface area contributed by atoms with Crippen LogP contribution in [0.4, 0.5) is 0 Å². The number of nitrogens with one attached hydrogen (secondary N) is 1. The van der Waals surface area contributed by atoms with Crippen molar-refractivity contribution in [3.63, 3.8) is 0 Å². The molecule has 0 aliphatic carbocycles. The number of para-hydroxylation sites is 1. The number of pyridine rings is 2. The largest absolute Gasteiger partial charge is 0.339 e. The second kappa shape index (κ2) is 4.53. The molecule has 4 rings (SSSR count). The van der Waals surface area contributed by atoms with Crippen LogP contribution in [-0.2, 0) is 0 Å². The Morgan fingerprint density at radius 3 is 2.73 bits per heavy atom. The summed E-state index contributed by atoms with van der Waals surface area (Å²) >= 11 is 0. The van der Waals surface area contributed by atoms with Gasteiger partial charge in [-0.3, -0.25) is 4.79 Å². The Hall–Kier alpha value is -2.95. The number of nitrogens with zero attached hydrogens (tertiary/aromatic N) is 3. The molecule has 4 aromatic rings. The molecule has 0 aliphatic rings. The van der Waals surface area contributed by atoms with E-state index in [-0.39, 0.29) is 5.43 Å². The van der Waals surface area contributed by atoms with E-state index >= 15 is 0 Å². The second-order valence-corrected chi connectivity index (χ2v) is 5.36. The van der Waals surface area contributed by atoms with Crippen molar-refractivity contribution in [2.24, 2.45) is 0 Å². The summed E-state index contributed by atoms with van der Waals surface area (Å²) in [5.74, 6) is 0.684. The number of hydrogen-bond acceptors (Lipinski definition) is 3. The van der Waals surface area contributed by atoms with Crippen LogP contribution in [-0.4, -0.2) is 19.7 Å². The molecule has 0 spiro atoms. The van der Waals surface area contributed by atoms with Crippen LogP contribution >= 0.6 is 0 Å². The zero-order valence-electron chi connectivity index (χ0n) is 12.3. The fraction of sp³-hybridized carbons (Fsp3) is 0.118. The third-order valence-corrected chi connectivity index (χ3v) is 3.91. The van der Waals surface area contributed by atoms with Crippen LogP contribution in [0.2, 0.25) is 0 Å². The number of rotatable bonds is 1. The Balaban J connectivity index is 2.21. The fourth-order valence-electron chi connectivity index (χ4n) is 2.84. The molecule has 1 aromatic carbocycles. The summed E-state index contributed by atoms with van der Waals surface area (Å²) in [5, 5.41) is 5.80. The lowest BCUT2D eigenvalue weighted by Crippen LogP contribution is -2.06. The van der Waals surface area contributed by atoms with Crippen molar-refractivity contribution in [1.82, 2.24) is 19.7 Å². The summed E-state index contributed by atoms with van der Waals surface area (Å²) in [6, 6.07) is 11.3. The second-order valence-electron chi connectivity index (χ2n) is 5.36. The third kappa shape index (κ3) is 1.69. The van der Waals surface area contributed by atoms with Gasteiger partial charge in [-0.1, -0.05) is 18.2 Å². The van der Waals surface area contributed by atoms with Crippen molar-refractivity contribution in [3.05, 3.63) is 64.1 Å². The lowest BCUT2D eigenvalue weighted by molar-refractivity contribution is 0.848. The number of aromatic amines is 1. The Morgan fingerprint density at radius 2 is 1.95 bits per heavy atom. The van der Waals surface area contributed by atoms with Crippen LogP contribution in [0.1, 0.15) is 11.3 Å². The lowest BCUT2D eigenvalue weighted by atomic mass is 10.1. The van der Waals surface area contributed by atoms with Gasteiger partial charge in [0.25, 0.3) is 0 Å². The molecule has 5 heteroatoms. The van der Waals surface area contributed by atoms with Gasteiger partial charge in [0.15, 0.2) is 5.82 Å².